The van der Waals surface area contributed by atoms with E-state index >= 15 is 0 Å². The van der Waals surface area contributed by atoms with Crippen LogP contribution in [0.2, 0.25) is 0 Å². The maximum Gasteiger partial charge on any atom is 0.0519 e. The van der Waals surface area contributed by atoms with E-state index in [0.717, 1.165) is 12.5 Å². The monoisotopic (exact) mass is 234 g/mol. The molecule has 0 spiro atoms. The molecule has 1 aliphatic carbocycles. The molecule has 0 heterocycles. The summed E-state index contributed by atoms with van der Waals surface area (Å²) in [5.74, 6) is 0.751. The molecule has 72 valence electrons. The van der Waals surface area contributed by atoms with Crippen molar-refractivity contribution in [2.24, 2.45) is 5.92 Å². The second kappa shape index (κ2) is 5.23. The van der Waals surface area contributed by atoms with Gasteiger partial charge in [-0.15, -0.1) is 0 Å². The van der Waals surface area contributed by atoms with Gasteiger partial charge < -0.3 is 4.74 Å². The van der Waals surface area contributed by atoms with Gasteiger partial charge in [-0.3, -0.25) is 0 Å². The Morgan fingerprint density at radius 3 is 2.58 bits per heavy atom. The third-order valence-electron chi connectivity index (χ3n) is 2.46. The first-order valence-corrected chi connectivity index (χ1v) is 5.87. The van der Waals surface area contributed by atoms with Crippen LogP contribution in [0.1, 0.15) is 39.5 Å². The summed E-state index contributed by atoms with van der Waals surface area (Å²) < 4.78 is 5.62. The Morgan fingerprint density at radius 1 is 1.33 bits per heavy atom. The summed E-state index contributed by atoms with van der Waals surface area (Å²) in [5, 5.41) is 0. The van der Waals surface area contributed by atoms with Crippen LogP contribution >= 0.6 is 15.9 Å². The van der Waals surface area contributed by atoms with E-state index in [1.165, 1.54) is 25.7 Å². The van der Waals surface area contributed by atoms with Gasteiger partial charge in [0.15, 0.2) is 0 Å². The van der Waals surface area contributed by atoms with E-state index in [1.807, 2.05) is 0 Å². The van der Waals surface area contributed by atoms with Crippen LogP contribution in [-0.2, 0) is 4.74 Å². The summed E-state index contributed by atoms with van der Waals surface area (Å²) >= 11 is 3.72. The van der Waals surface area contributed by atoms with E-state index in [9.17, 15) is 0 Å². The molecule has 0 N–H and O–H groups in total. The zero-order valence-corrected chi connectivity index (χ0v) is 9.64. The molecule has 1 rings (SSSR count). The Hall–Kier alpha value is 0.440. The van der Waals surface area contributed by atoms with Gasteiger partial charge in [-0.2, -0.15) is 0 Å². The molecule has 0 aromatic carbocycles. The predicted molar refractivity (Wildman–Crippen MR) is 55.8 cm³/mol. The molecule has 1 saturated carbocycles. The van der Waals surface area contributed by atoms with E-state index in [0.29, 0.717) is 10.9 Å². The van der Waals surface area contributed by atoms with E-state index < -0.39 is 0 Å². The minimum atomic E-state index is 0.381. The lowest BCUT2D eigenvalue weighted by Crippen LogP contribution is -2.25. The van der Waals surface area contributed by atoms with Crippen LogP contribution in [0.4, 0.5) is 0 Å². The zero-order valence-electron chi connectivity index (χ0n) is 8.05. The summed E-state index contributed by atoms with van der Waals surface area (Å²) in [6.07, 6.45) is 5.81. The smallest absolute Gasteiger partial charge is 0.0519 e. The Bertz CT molecular complexity index is 125. The van der Waals surface area contributed by atoms with Crippen molar-refractivity contribution in [1.29, 1.82) is 0 Å². The van der Waals surface area contributed by atoms with Crippen LogP contribution in [0, 0.1) is 5.92 Å². The lowest BCUT2D eigenvalue weighted by atomic mass is 9.90. The summed E-state index contributed by atoms with van der Waals surface area (Å²) in [7, 11) is 0. The van der Waals surface area contributed by atoms with Gasteiger partial charge in [0.05, 0.1) is 12.7 Å². The number of hydrogen-bond donors (Lipinski definition) is 0. The highest BCUT2D eigenvalue weighted by Gasteiger charge is 2.22. The number of rotatable bonds is 3. The average molecular weight is 235 g/mol. The first-order chi connectivity index (χ1) is 5.70. The minimum absolute atomic E-state index is 0.381. The Kier molecular flexibility index (Phi) is 4.59. The highest BCUT2D eigenvalue weighted by atomic mass is 79.9. The van der Waals surface area contributed by atoms with Crippen LogP contribution in [0.15, 0.2) is 0 Å². The van der Waals surface area contributed by atoms with Crippen molar-refractivity contribution in [2.75, 3.05) is 6.61 Å². The van der Waals surface area contributed by atoms with Gasteiger partial charge in [0, 0.05) is 4.83 Å². The van der Waals surface area contributed by atoms with Crippen LogP contribution in [0.25, 0.3) is 0 Å². The van der Waals surface area contributed by atoms with Crippen LogP contribution in [-0.4, -0.2) is 17.5 Å². The van der Waals surface area contributed by atoms with Crippen molar-refractivity contribution >= 4 is 15.9 Å². The van der Waals surface area contributed by atoms with E-state index in [1.54, 1.807) is 0 Å². The van der Waals surface area contributed by atoms with Gasteiger partial charge in [-0.05, 0) is 32.6 Å². The molecular weight excluding hydrogens is 216 g/mol. The summed E-state index contributed by atoms with van der Waals surface area (Å²) in [5.41, 5.74) is 0. The Morgan fingerprint density at radius 2 is 2.00 bits per heavy atom. The number of halogens is 1. The van der Waals surface area contributed by atoms with Gasteiger partial charge in [-0.25, -0.2) is 0 Å². The highest BCUT2D eigenvalue weighted by Crippen LogP contribution is 2.30. The predicted octanol–water partition coefficient (Wildman–Crippen LogP) is 3.37. The molecular formula is C10H19BrO. The van der Waals surface area contributed by atoms with E-state index in [2.05, 4.69) is 29.8 Å². The summed E-state index contributed by atoms with van der Waals surface area (Å²) in [6.45, 7) is 5.14. The van der Waals surface area contributed by atoms with E-state index in [4.69, 9.17) is 4.74 Å². The molecule has 0 amide bonds. The second-order valence-corrected chi connectivity index (χ2v) is 5.12. The van der Waals surface area contributed by atoms with Gasteiger partial charge in [-0.1, -0.05) is 28.8 Å². The lowest BCUT2D eigenvalue weighted by molar-refractivity contribution is 0.0438. The molecule has 12 heavy (non-hydrogen) atoms. The third kappa shape index (κ3) is 3.44. The standard InChI is InChI=1S/C10H19BrO/c1-8(2)12-7-9-5-3-4-6-10(9)11/h8-10H,3-7H2,1-2H3. The Labute approximate surface area is 84.0 Å². The van der Waals surface area contributed by atoms with Crippen molar-refractivity contribution in [2.45, 2.75) is 50.5 Å². The first-order valence-electron chi connectivity index (χ1n) is 4.96. The maximum absolute atomic E-state index is 5.62. The molecule has 1 nitrogen and oxygen atoms in total. The number of alkyl halides is 1. The normalized spacial score (nSPS) is 31.0. The number of ether oxygens (including phenoxy) is 1. The van der Waals surface area contributed by atoms with Crippen molar-refractivity contribution < 1.29 is 4.74 Å². The molecule has 0 saturated heterocycles. The van der Waals surface area contributed by atoms with E-state index in [-0.39, 0.29) is 0 Å². The molecule has 0 bridgehead atoms. The van der Waals surface area contributed by atoms with Gasteiger partial charge in [0.25, 0.3) is 0 Å². The minimum Gasteiger partial charge on any atom is -0.378 e. The number of hydrogen-bond acceptors (Lipinski definition) is 1. The average Bonchev–Trinajstić information content (AvgIpc) is 2.03. The van der Waals surface area contributed by atoms with Gasteiger partial charge in [0.2, 0.25) is 0 Å². The summed E-state index contributed by atoms with van der Waals surface area (Å²) in [4.78, 5) is 0.699. The lowest BCUT2D eigenvalue weighted by Gasteiger charge is -2.27. The van der Waals surface area contributed by atoms with Crippen LogP contribution in [0.3, 0.4) is 0 Å². The molecule has 1 aliphatic rings. The molecule has 2 unspecified atom stereocenters. The fourth-order valence-corrected chi connectivity index (χ4v) is 2.41. The van der Waals surface area contributed by atoms with Crippen molar-refractivity contribution in [3.63, 3.8) is 0 Å². The SMILES string of the molecule is CC(C)OCC1CCCCC1Br. The molecule has 2 heteroatoms. The Balaban J connectivity index is 2.20. The molecule has 0 aromatic heterocycles. The molecule has 0 radical (unpaired) electrons. The summed E-state index contributed by atoms with van der Waals surface area (Å²) in [6, 6.07) is 0. The van der Waals surface area contributed by atoms with Crippen LogP contribution < -0.4 is 0 Å². The van der Waals surface area contributed by atoms with Crippen molar-refractivity contribution in [3.05, 3.63) is 0 Å². The highest BCUT2D eigenvalue weighted by molar-refractivity contribution is 9.09. The molecule has 2 atom stereocenters. The second-order valence-electron chi connectivity index (χ2n) is 3.94. The molecule has 0 aromatic rings. The molecule has 0 aliphatic heterocycles. The maximum atomic E-state index is 5.62. The largest absolute Gasteiger partial charge is 0.378 e. The first kappa shape index (κ1) is 10.5. The quantitative estimate of drug-likeness (QED) is 0.681. The van der Waals surface area contributed by atoms with Crippen LogP contribution in [0.5, 0.6) is 0 Å². The topological polar surface area (TPSA) is 9.23 Å². The van der Waals surface area contributed by atoms with Crippen molar-refractivity contribution in [1.82, 2.24) is 0 Å². The van der Waals surface area contributed by atoms with Gasteiger partial charge >= 0.3 is 0 Å². The molecule has 1 fully saturated rings. The fraction of sp³-hybridized carbons (Fsp3) is 1.00. The van der Waals surface area contributed by atoms with Crippen molar-refractivity contribution in [3.8, 4) is 0 Å². The zero-order chi connectivity index (χ0) is 8.97. The third-order valence-corrected chi connectivity index (χ3v) is 3.67. The fourth-order valence-electron chi connectivity index (χ4n) is 1.67. The van der Waals surface area contributed by atoms with Gasteiger partial charge in [0.1, 0.15) is 0 Å².